The summed E-state index contributed by atoms with van der Waals surface area (Å²) >= 11 is 6.10. The Bertz CT molecular complexity index is 1600. The molecule has 0 aliphatic heterocycles. The van der Waals surface area contributed by atoms with E-state index in [1.54, 1.807) is 32.0 Å². The molecule has 2 N–H and O–H groups in total. The molecule has 4 aromatic rings. The van der Waals surface area contributed by atoms with Crippen molar-refractivity contribution in [1.82, 2.24) is 35.1 Å². The van der Waals surface area contributed by atoms with E-state index >= 15 is 0 Å². The minimum atomic E-state index is -5.86. The van der Waals surface area contributed by atoms with Crippen molar-refractivity contribution in [1.29, 1.82) is 0 Å². The Hall–Kier alpha value is -4.40. The van der Waals surface area contributed by atoms with Crippen LogP contribution in [0.2, 0.25) is 5.02 Å². The normalized spacial score (nSPS) is 11.9. The predicted octanol–water partition coefficient (Wildman–Crippen LogP) is 4.44. The standard InChI is InChI=1S/C24H20ClF5N8O2/c1-12-5-4-6-32-20(12)38-17(22(40)33-19-13(2)7-14(25)8-16(19)21(39)31-3)9-15(35-38)10-37-11-18(34-36-37)23(26,27)24(28,29)30/h4-9,11H,10H2,1-3H3,(H,31,39)(H,33,40). The number of aromatic nitrogens is 6. The highest BCUT2D eigenvalue weighted by Crippen LogP contribution is 2.42. The maximum atomic E-state index is 13.7. The Labute approximate surface area is 228 Å². The van der Waals surface area contributed by atoms with Crippen LogP contribution in [0.15, 0.2) is 42.7 Å². The van der Waals surface area contributed by atoms with E-state index in [2.05, 4.69) is 31.0 Å². The molecule has 16 heteroatoms. The molecule has 0 saturated carbocycles. The summed E-state index contributed by atoms with van der Waals surface area (Å²) in [5.41, 5.74) is -0.208. The first-order chi connectivity index (χ1) is 18.7. The molecule has 3 aromatic heterocycles. The van der Waals surface area contributed by atoms with Crippen molar-refractivity contribution in [2.75, 3.05) is 12.4 Å². The van der Waals surface area contributed by atoms with Gasteiger partial charge in [-0.15, -0.1) is 5.10 Å². The number of nitrogens with zero attached hydrogens (tertiary/aromatic N) is 6. The molecule has 4 rings (SSSR count). The molecule has 0 aliphatic rings. The van der Waals surface area contributed by atoms with Crippen LogP contribution in [0.25, 0.3) is 5.82 Å². The van der Waals surface area contributed by atoms with Crippen molar-refractivity contribution in [2.45, 2.75) is 32.5 Å². The number of halogens is 6. The molecule has 40 heavy (non-hydrogen) atoms. The van der Waals surface area contributed by atoms with Crippen LogP contribution >= 0.6 is 11.6 Å². The van der Waals surface area contributed by atoms with Gasteiger partial charge < -0.3 is 10.6 Å². The second-order valence-electron chi connectivity index (χ2n) is 8.63. The van der Waals surface area contributed by atoms with Gasteiger partial charge in [-0.25, -0.2) is 14.3 Å². The van der Waals surface area contributed by atoms with E-state index < -0.39 is 36.2 Å². The summed E-state index contributed by atoms with van der Waals surface area (Å²) in [6.45, 7) is 2.95. The number of nitrogens with one attached hydrogen (secondary N) is 2. The van der Waals surface area contributed by atoms with E-state index in [1.807, 2.05) is 0 Å². The van der Waals surface area contributed by atoms with E-state index in [9.17, 15) is 31.5 Å². The fourth-order valence-corrected chi connectivity index (χ4v) is 4.03. The maximum absolute atomic E-state index is 13.7. The number of pyridine rings is 1. The van der Waals surface area contributed by atoms with Gasteiger partial charge in [0.05, 0.1) is 29.7 Å². The van der Waals surface area contributed by atoms with E-state index in [0.717, 1.165) is 4.68 Å². The zero-order valence-electron chi connectivity index (χ0n) is 21.0. The van der Waals surface area contributed by atoms with Gasteiger partial charge in [0, 0.05) is 18.3 Å². The van der Waals surface area contributed by atoms with Crippen molar-refractivity contribution in [3.63, 3.8) is 0 Å². The minimum absolute atomic E-state index is 0.0707. The summed E-state index contributed by atoms with van der Waals surface area (Å²) in [6.07, 6.45) is -3.95. The molecule has 2 amide bonds. The van der Waals surface area contributed by atoms with Gasteiger partial charge in [-0.2, -0.15) is 27.1 Å². The number of aryl methyl sites for hydroxylation is 2. The highest BCUT2D eigenvalue weighted by molar-refractivity contribution is 6.31. The van der Waals surface area contributed by atoms with Crippen molar-refractivity contribution in [2.24, 2.45) is 0 Å². The first-order valence-corrected chi connectivity index (χ1v) is 11.8. The summed E-state index contributed by atoms with van der Waals surface area (Å²) in [6, 6.07) is 7.59. The fourth-order valence-electron chi connectivity index (χ4n) is 3.76. The molecule has 0 bridgehead atoms. The van der Waals surface area contributed by atoms with Crippen molar-refractivity contribution in [3.8, 4) is 5.82 Å². The van der Waals surface area contributed by atoms with Crippen LogP contribution in [-0.2, 0) is 12.5 Å². The average molecular weight is 583 g/mol. The number of hydrogen-bond acceptors (Lipinski definition) is 6. The Kier molecular flexibility index (Phi) is 7.61. The molecular formula is C24H20ClF5N8O2. The highest BCUT2D eigenvalue weighted by Gasteiger charge is 2.60. The van der Waals surface area contributed by atoms with Crippen LogP contribution in [0, 0.1) is 13.8 Å². The van der Waals surface area contributed by atoms with Crippen molar-refractivity contribution in [3.05, 3.63) is 81.5 Å². The summed E-state index contributed by atoms with van der Waals surface area (Å²) < 4.78 is 67.5. The number of carbonyl (C=O) groups is 2. The summed E-state index contributed by atoms with van der Waals surface area (Å²) in [4.78, 5) is 30.2. The van der Waals surface area contributed by atoms with Gasteiger partial charge >= 0.3 is 12.1 Å². The van der Waals surface area contributed by atoms with Crippen LogP contribution in [0.3, 0.4) is 0 Å². The van der Waals surface area contributed by atoms with Crippen LogP contribution in [0.4, 0.5) is 27.6 Å². The van der Waals surface area contributed by atoms with E-state index in [1.165, 1.54) is 30.1 Å². The summed E-state index contributed by atoms with van der Waals surface area (Å²) in [5.74, 6) is -6.18. The molecular weight excluding hydrogens is 563 g/mol. The number of amides is 2. The van der Waals surface area contributed by atoms with Crippen LogP contribution in [-0.4, -0.2) is 54.8 Å². The van der Waals surface area contributed by atoms with E-state index in [-0.39, 0.29) is 33.5 Å². The number of carbonyl (C=O) groups excluding carboxylic acids is 2. The molecule has 0 unspecified atom stereocenters. The van der Waals surface area contributed by atoms with Gasteiger partial charge in [-0.3, -0.25) is 9.59 Å². The number of rotatable bonds is 7. The fraction of sp³-hybridized carbons (Fsp3) is 0.250. The Morgan fingerprint density at radius 1 is 1.05 bits per heavy atom. The lowest BCUT2D eigenvalue weighted by Gasteiger charge is -2.16. The number of hydrogen-bond donors (Lipinski definition) is 2. The molecule has 0 spiro atoms. The lowest BCUT2D eigenvalue weighted by atomic mass is 10.1. The van der Waals surface area contributed by atoms with Gasteiger partial charge in [-0.05, 0) is 49.2 Å². The summed E-state index contributed by atoms with van der Waals surface area (Å²) in [7, 11) is 1.41. The molecule has 0 saturated heterocycles. The zero-order valence-corrected chi connectivity index (χ0v) is 21.8. The quantitative estimate of drug-likeness (QED) is 0.311. The van der Waals surface area contributed by atoms with Crippen LogP contribution < -0.4 is 10.6 Å². The zero-order chi connectivity index (χ0) is 29.4. The third-order valence-corrected chi connectivity index (χ3v) is 5.94. The summed E-state index contributed by atoms with van der Waals surface area (Å²) in [5, 5.41) is 16.1. The van der Waals surface area contributed by atoms with Gasteiger partial charge in [0.1, 0.15) is 5.69 Å². The Balaban J connectivity index is 1.74. The highest BCUT2D eigenvalue weighted by atomic mass is 35.5. The first kappa shape index (κ1) is 28.6. The van der Waals surface area contributed by atoms with Gasteiger partial charge in [0.2, 0.25) is 0 Å². The van der Waals surface area contributed by atoms with Gasteiger partial charge in [0.15, 0.2) is 11.5 Å². The van der Waals surface area contributed by atoms with Gasteiger partial charge in [-0.1, -0.05) is 22.9 Å². The second-order valence-corrected chi connectivity index (χ2v) is 9.07. The monoisotopic (exact) mass is 582 g/mol. The topological polar surface area (TPSA) is 120 Å². The first-order valence-electron chi connectivity index (χ1n) is 11.4. The Morgan fingerprint density at radius 2 is 1.77 bits per heavy atom. The second kappa shape index (κ2) is 10.6. The average Bonchev–Trinajstić information content (AvgIpc) is 3.52. The van der Waals surface area contributed by atoms with E-state index in [4.69, 9.17) is 11.6 Å². The molecule has 10 nitrogen and oxygen atoms in total. The van der Waals surface area contributed by atoms with Crippen LogP contribution in [0.5, 0.6) is 0 Å². The predicted molar refractivity (Wildman–Crippen MR) is 133 cm³/mol. The maximum Gasteiger partial charge on any atom is 0.459 e. The molecule has 1 aromatic carbocycles. The molecule has 0 fully saturated rings. The van der Waals surface area contributed by atoms with Crippen LogP contribution in [0.1, 0.15) is 43.4 Å². The van der Waals surface area contributed by atoms with E-state index in [0.29, 0.717) is 17.3 Å². The SMILES string of the molecule is CNC(=O)c1cc(Cl)cc(C)c1NC(=O)c1cc(Cn2cc(C(F)(F)C(F)(F)F)nn2)nn1-c1ncccc1C. The third kappa shape index (κ3) is 5.50. The lowest BCUT2D eigenvalue weighted by Crippen LogP contribution is -2.34. The molecule has 0 atom stereocenters. The number of alkyl halides is 5. The third-order valence-electron chi connectivity index (χ3n) is 5.73. The largest absolute Gasteiger partial charge is 0.459 e. The lowest BCUT2D eigenvalue weighted by molar-refractivity contribution is -0.291. The Morgan fingerprint density at radius 3 is 2.42 bits per heavy atom. The van der Waals surface area contributed by atoms with Gasteiger partial charge in [0.25, 0.3) is 11.8 Å². The molecule has 210 valence electrons. The van der Waals surface area contributed by atoms with Crippen molar-refractivity contribution < 1.29 is 31.5 Å². The number of benzene rings is 1. The molecule has 0 aliphatic carbocycles. The molecule has 3 heterocycles. The molecule has 0 radical (unpaired) electrons. The van der Waals surface area contributed by atoms with Crippen molar-refractivity contribution >= 4 is 29.1 Å². The minimum Gasteiger partial charge on any atom is -0.355 e. The smallest absolute Gasteiger partial charge is 0.355 e. The number of anilines is 1.